The molecule has 0 saturated heterocycles. The van der Waals surface area contributed by atoms with E-state index in [1.807, 2.05) is 61.1 Å². The molecule has 6 heteroatoms. The highest BCUT2D eigenvalue weighted by molar-refractivity contribution is 5.93. The minimum Gasteiger partial charge on any atom is -0.343 e. The van der Waals surface area contributed by atoms with Crippen molar-refractivity contribution in [2.24, 2.45) is 0 Å². The third-order valence-corrected chi connectivity index (χ3v) is 3.83. The monoisotopic (exact) mass is 323 g/mol. The Morgan fingerprint density at radius 2 is 1.96 bits per heavy atom. The molecule has 0 fully saturated rings. The van der Waals surface area contributed by atoms with Gasteiger partial charge in [-0.2, -0.15) is 10.2 Å². The van der Waals surface area contributed by atoms with Crippen molar-refractivity contribution in [2.75, 3.05) is 0 Å². The first-order chi connectivity index (χ1) is 11.6. The Balaban J connectivity index is 1.79. The van der Waals surface area contributed by atoms with Crippen molar-refractivity contribution in [3.05, 3.63) is 72.3 Å². The number of nitrogens with one attached hydrogen (secondary N) is 1. The number of nitrogens with zero attached hydrogens (tertiary/aromatic N) is 4. The molecule has 1 N–H and O–H groups in total. The lowest BCUT2D eigenvalue weighted by atomic mass is 10.1. The van der Waals surface area contributed by atoms with Crippen LogP contribution in [0.3, 0.4) is 0 Å². The van der Waals surface area contributed by atoms with E-state index in [1.54, 1.807) is 23.3 Å². The van der Waals surface area contributed by atoms with Gasteiger partial charge in [0.05, 0.1) is 24.3 Å². The molecule has 3 aromatic rings. The Labute approximate surface area is 141 Å². The Morgan fingerprint density at radius 3 is 2.58 bits per heavy atom. The summed E-state index contributed by atoms with van der Waals surface area (Å²) in [6.45, 7) is 4.62. The van der Waals surface area contributed by atoms with E-state index in [9.17, 15) is 4.79 Å². The van der Waals surface area contributed by atoms with Crippen LogP contribution in [0.2, 0.25) is 0 Å². The van der Waals surface area contributed by atoms with Crippen molar-refractivity contribution < 1.29 is 4.79 Å². The van der Waals surface area contributed by atoms with E-state index in [0.717, 1.165) is 5.56 Å². The lowest BCUT2D eigenvalue weighted by Gasteiger charge is -2.19. The first-order valence-corrected chi connectivity index (χ1v) is 8.01. The number of benzene rings is 1. The van der Waals surface area contributed by atoms with Crippen LogP contribution in [0.15, 0.2) is 61.2 Å². The molecule has 2 heterocycles. The normalized spacial score (nSPS) is 12.3. The first-order valence-electron chi connectivity index (χ1n) is 8.01. The second-order valence-electron chi connectivity index (χ2n) is 5.97. The van der Waals surface area contributed by atoms with Crippen molar-refractivity contribution in [1.82, 2.24) is 24.9 Å². The smallest absolute Gasteiger partial charge is 0.255 e. The molecule has 1 aromatic carbocycles. The quantitative estimate of drug-likeness (QED) is 0.758. The number of carbonyl (C=O) groups excluding carboxylic acids is 1. The van der Waals surface area contributed by atoms with Crippen LogP contribution in [0.4, 0.5) is 0 Å². The van der Waals surface area contributed by atoms with E-state index in [-0.39, 0.29) is 18.0 Å². The number of hydrogen-bond acceptors (Lipinski definition) is 3. The van der Waals surface area contributed by atoms with E-state index in [4.69, 9.17) is 0 Å². The second-order valence-corrected chi connectivity index (χ2v) is 5.97. The molecular weight excluding hydrogens is 302 g/mol. The van der Waals surface area contributed by atoms with Crippen molar-refractivity contribution in [2.45, 2.75) is 32.5 Å². The molecular formula is C18H21N5O. The molecule has 1 unspecified atom stereocenters. The van der Waals surface area contributed by atoms with Gasteiger partial charge in [0.1, 0.15) is 0 Å². The maximum Gasteiger partial charge on any atom is 0.255 e. The van der Waals surface area contributed by atoms with Crippen LogP contribution in [0.25, 0.3) is 0 Å². The summed E-state index contributed by atoms with van der Waals surface area (Å²) in [4.78, 5) is 12.6. The van der Waals surface area contributed by atoms with Crippen LogP contribution >= 0.6 is 0 Å². The molecule has 0 bridgehead atoms. The minimum atomic E-state index is -0.166. The zero-order valence-electron chi connectivity index (χ0n) is 13.8. The largest absolute Gasteiger partial charge is 0.343 e. The molecule has 124 valence electrons. The summed E-state index contributed by atoms with van der Waals surface area (Å²) in [6, 6.07) is 11.8. The lowest BCUT2D eigenvalue weighted by Crippen LogP contribution is -2.31. The van der Waals surface area contributed by atoms with Crippen LogP contribution in [-0.4, -0.2) is 25.5 Å². The van der Waals surface area contributed by atoms with E-state index in [1.165, 1.54) is 0 Å². The SMILES string of the molecule is CC(C)n1cc(C(=O)NC(Cn2cccn2)c2ccccc2)cn1. The Kier molecular flexibility index (Phi) is 4.74. The molecule has 24 heavy (non-hydrogen) atoms. The molecule has 2 aromatic heterocycles. The fraction of sp³-hybridized carbons (Fsp3) is 0.278. The second kappa shape index (κ2) is 7.12. The van der Waals surface area contributed by atoms with Crippen molar-refractivity contribution in [3.63, 3.8) is 0 Å². The summed E-state index contributed by atoms with van der Waals surface area (Å²) in [5.74, 6) is -0.136. The fourth-order valence-corrected chi connectivity index (χ4v) is 2.49. The molecule has 0 aliphatic rings. The molecule has 3 rings (SSSR count). The van der Waals surface area contributed by atoms with Gasteiger partial charge in [-0.3, -0.25) is 14.2 Å². The van der Waals surface area contributed by atoms with Gasteiger partial charge >= 0.3 is 0 Å². The average Bonchev–Trinajstić information content (AvgIpc) is 3.26. The zero-order chi connectivity index (χ0) is 16.9. The Hall–Kier alpha value is -2.89. The number of rotatable bonds is 6. The Bertz CT molecular complexity index is 777. The maximum atomic E-state index is 12.6. The van der Waals surface area contributed by atoms with Crippen molar-refractivity contribution in [3.8, 4) is 0 Å². The summed E-state index contributed by atoms with van der Waals surface area (Å²) in [5.41, 5.74) is 1.60. The van der Waals surface area contributed by atoms with E-state index < -0.39 is 0 Å². The van der Waals surface area contributed by atoms with Gasteiger partial charge in [0.25, 0.3) is 5.91 Å². The van der Waals surface area contributed by atoms with Gasteiger partial charge in [-0.05, 0) is 25.5 Å². The van der Waals surface area contributed by atoms with Crippen molar-refractivity contribution in [1.29, 1.82) is 0 Å². The zero-order valence-corrected chi connectivity index (χ0v) is 13.8. The van der Waals surface area contributed by atoms with Crippen LogP contribution in [0, 0.1) is 0 Å². The molecule has 1 atom stereocenters. The van der Waals surface area contributed by atoms with Gasteiger partial charge in [0, 0.05) is 24.6 Å². The summed E-state index contributed by atoms with van der Waals surface area (Å²) >= 11 is 0. The molecule has 0 aliphatic heterocycles. The highest BCUT2D eigenvalue weighted by Crippen LogP contribution is 2.16. The fourth-order valence-electron chi connectivity index (χ4n) is 2.49. The summed E-state index contributed by atoms with van der Waals surface area (Å²) < 4.78 is 3.59. The number of hydrogen-bond donors (Lipinski definition) is 1. The van der Waals surface area contributed by atoms with Gasteiger partial charge in [-0.1, -0.05) is 30.3 Å². The topological polar surface area (TPSA) is 64.7 Å². The number of amides is 1. The molecule has 6 nitrogen and oxygen atoms in total. The van der Waals surface area contributed by atoms with Gasteiger partial charge in [0.15, 0.2) is 0 Å². The Morgan fingerprint density at radius 1 is 1.17 bits per heavy atom. The highest BCUT2D eigenvalue weighted by atomic mass is 16.1. The molecule has 0 saturated carbocycles. The summed E-state index contributed by atoms with van der Waals surface area (Å²) in [7, 11) is 0. The van der Waals surface area contributed by atoms with Crippen LogP contribution in [-0.2, 0) is 6.54 Å². The van der Waals surface area contributed by atoms with Crippen molar-refractivity contribution >= 4 is 5.91 Å². The predicted octanol–water partition coefficient (Wildman–Crippen LogP) is 2.83. The van der Waals surface area contributed by atoms with Crippen LogP contribution in [0.5, 0.6) is 0 Å². The minimum absolute atomic E-state index is 0.136. The number of aromatic nitrogens is 4. The summed E-state index contributed by atoms with van der Waals surface area (Å²) in [6.07, 6.45) is 7.00. The van der Waals surface area contributed by atoms with Crippen LogP contribution < -0.4 is 5.32 Å². The maximum absolute atomic E-state index is 12.6. The number of carbonyl (C=O) groups is 1. The van der Waals surface area contributed by atoms with E-state index >= 15 is 0 Å². The molecule has 0 radical (unpaired) electrons. The third kappa shape index (κ3) is 3.71. The van der Waals surface area contributed by atoms with E-state index in [0.29, 0.717) is 12.1 Å². The standard InChI is InChI=1S/C18H21N5O/c1-14(2)23-12-16(11-20-23)18(24)21-17(13-22-10-6-9-19-22)15-7-4-3-5-8-15/h3-12,14,17H,13H2,1-2H3,(H,21,24). The average molecular weight is 323 g/mol. The first kappa shape index (κ1) is 16.0. The van der Waals surface area contributed by atoms with Gasteiger partial charge in [-0.25, -0.2) is 0 Å². The molecule has 0 spiro atoms. The highest BCUT2D eigenvalue weighted by Gasteiger charge is 2.18. The van der Waals surface area contributed by atoms with Crippen LogP contribution in [0.1, 0.15) is 41.9 Å². The molecule has 1 amide bonds. The lowest BCUT2D eigenvalue weighted by molar-refractivity contribution is 0.0931. The van der Waals surface area contributed by atoms with Gasteiger partial charge in [0.2, 0.25) is 0 Å². The molecule has 0 aliphatic carbocycles. The van der Waals surface area contributed by atoms with E-state index in [2.05, 4.69) is 15.5 Å². The van der Waals surface area contributed by atoms with Gasteiger partial charge in [-0.15, -0.1) is 0 Å². The summed E-state index contributed by atoms with van der Waals surface area (Å²) in [5, 5.41) is 11.6. The van der Waals surface area contributed by atoms with Gasteiger partial charge < -0.3 is 5.32 Å². The predicted molar refractivity (Wildman–Crippen MR) is 91.5 cm³/mol. The third-order valence-electron chi connectivity index (χ3n) is 3.83.